The maximum Gasteiger partial charge on any atom is 0.317 e. The summed E-state index contributed by atoms with van der Waals surface area (Å²) in [6.45, 7) is 2.57. The van der Waals surface area contributed by atoms with E-state index in [-0.39, 0.29) is 11.8 Å². The third-order valence-corrected chi connectivity index (χ3v) is 4.90. The van der Waals surface area contributed by atoms with Crippen LogP contribution in [0.2, 0.25) is 0 Å². The molecule has 2 amide bonds. The average molecular weight is 386 g/mol. The topological polar surface area (TPSA) is 78.9 Å². The third-order valence-electron chi connectivity index (χ3n) is 4.90. The number of likely N-dealkylation sites (tertiary alicyclic amines) is 1. The minimum Gasteiger partial charge on any atom is -0.481 e. The van der Waals surface area contributed by atoms with Crippen LogP contribution in [0.3, 0.4) is 0 Å². The van der Waals surface area contributed by atoms with E-state index >= 15 is 0 Å². The van der Waals surface area contributed by atoms with E-state index in [9.17, 15) is 14.0 Å². The van der Waals surface area contributed by atoms with Gasteiger partial charge in [-0.15, -0.1) is 0 Å². The van der Waals surface area contributed by atoms with Crippen molar-refractivity contribution in [2.45, 2.75) is 25.8 Å². The number of halogens is 1. The molecule has 28 heavy (non-hydrogen) atoms. The molecule has 2 N–H and O–H groups in total. The van der Waals surface area contributed by atoms with E-state index in [2.05, 4.69) is 5.32 Å². The second-order valence-electron chi connectivity index (χ2n) is 6.88. The molecule has 0 radical (unpaired) electrons. The summed E-state index contributed by atoms with van der Waals surface area (Å²) in [4.78, 5) is 25.0. The SMILES string of the molecule is CC(NC(=O)N1CCC(C(=O)O)CC1)c1ccc(Oc2ccccc2)c(F)c1. The van der Waals surface area contributed by atoms with Crippen molar-refractivity contribution < 1.29 is 23.8 Å². The minimum absolute atomic E-state index is 0.115. The summed E-state index contributed by atoms with van der Waals surface area (Å²) in [6.07, 6.45) is 0.884. The van der Waals surface area contributed by atoms with Crippen LogP contribution in [0, 0.1) is 11.7 Å². The Morgan fingerprint density at radius 2 is 1.86 bits per heavy atom. The first kappa shape index (κ1) is 19.7. The van der Waals surface area contributed by atoms with Crippen molar-refractivity contribution in [3.05, 3.63) is 59.9 Å². The number of carboxylic acid groups (broad SMARTS) is 1. The number of carboxylic acids is 1. The van der Waals surface area contributed by atoms with Crippen LogP contribution in [0.15, 0.2) is 48.5 Å². The predicted molar refractivity (Wildman–Crippen MR) is 102 cm³/mol. The number of hydrogen-bond acceptors (Lipinski definition) is 3. The molecular weight excluding hydrogens is 363 g/mol. The first-order valence-electron chi connectivity index (χ1n) is 9.24. The van der Waals surface area contributed by atoms with Gasteiger partial charge in [-0.05, 0) is 49.6 Å². The number of nitrogens with zero attached hydrogens (tertiary/aromatic N) is 1. The summed E-state index contributed by atoms with van der Waals surface area (Å²) in [5.74, 6) is -1.07. The van der Waals surface area contributed by atoms with Crippen molar-refractivity contribution in [2.24, 2.45) is 5.92 Å². The zero-order chi connectivity index (χ0) is 20.1. The molecule has 1 atom stereocenters. The van der Waals surface area contributed by atoms with Crippen molar-refractivity contribution in [3.63, 3.8) is 0 Å². The molecule has 3 rings (SSSR count). The molecule has 1 fully saturated rings. The molecule has 2 aromatic carbocycles. The Balaban J connectivity index is 1.58. The number of urea groups is 1. The van der Waals surface area contributed by atoms with Crippen LogP contribution in [0.25, 0.3) is 0 Å². The number of aliphatic carboxylic acids is 1. The molecule has 6 nitrogen and oxygen atoms in total. The number of hydrogen-bond donors (Lipinski definition) is 2. The zero-order valence-electron chi connectivity index (χ0n) is 15.6. The van der Waals surface area contributed by atoms with Crippen molar-refractivity contribution in [1.82, 2.24) is 10.2 Å². The van der Waals surface area contributed by atoms with Crippen LogP contribution >= 0.6 is 0 Å². The molecule has 2 aromatic rings. The van der Waals surface area contributed by atoms with Gasteiger partial charge in [0.2, 0.25) is 0 Å². The van der Waals surface area contributed by atoms with Gasteiger partial charge in [-0.25, -0.2) is 9.18 Å². The molecule has 0 aromatic heterocycles. The van der Waals surface area contributed by atoms with Crippen molar-refractivity contribution in [1.29, 1.82) is 0 Å². The highest BCUT2D eigenvalue weighted by atomic mass is 19.1. The summed E-state index contributed by atoms with van der Waals surface area (Å²) in [5, 5.41) is 11.9. The Morgan fingerprint density at radius 1 is 1.18 bits per heavy atom. The summed E-state index contributed by atoms with van der Waals surface area (Å²) in [7, 11) is 0. The Morgan fingerprint density at radius 3 is 2.46 bits per heavy atom. The average Bonchev–Trinajstić information content (AvgIpc) is 2.70. The Bertz CT molecular complexity index is 836. The van der Waals surface area contributed by atoms with E-state index in [1.165, 1.54) is 6.07 Å². The van der Waals surface area contributed by atoms with E-state index in [1.54, 1.807) is 48.2 Å². The molecule has 1 saturated heterocycles. The maximum absolute atomic E-state index is 14.4. The number of rotatable bonds is 5. The van der Waals surface area contributed by atoms with Gasteiger partial charge in [-0.3, -0.25) is 4.79 Å². The quantitative estimate of drug-likeness (QED) is 0.808. The Labute approximate surface area is 162 Å². The number of amides is 2. The van der Waals surface area contributed by atoms with Gasteiger partial charge in [0.25, 0.3) is 0 Å². The largest absolute Gasteiger partial charge is 0.481 e. The van der Waals surface area contributed by atoms with Gasteiger partial charge >= 0.3 is 12.0 Å². The fraction of sp³-hybridized carbons (Fsp3) is 0.333. The van der Waals surface area contributed by atoms with Gasteiger partial charge in [0.05, 0.1) is 12.0 Å². The maximum atomic E-state index is 14.4. The molecule has 1 aliphatic heterocycles. The first-order chi connectivity index (χ1) is 13.4. The smallest absolute Gasteiger partial charge is 0.317 e. The lowest BCUT2D eigenvalue weighted by atomic mass is 9.97. The van der Waals surface area contributed by atoms with Crippen LogP contribution < -0.4 is 10.1 Å². The van der Waals surface area contributed by atoms with E-state index in [1.807, 2.05) is 6.07 Å². The lowest BCUT2D eigenvalue weighted by Gasteiger charge is -2.31. The molecule has 148 valence electrons. The lowest BCUT2D eigenvalue weighted by Crippen LogP contribution is -2.46. The fourth-order valence-electron chi connectivity index (χ4n) is 3.17. The standard InChI is InChI=1S/C21H23FN2O4/c1-14(23-21(27)24-11-9-15(10-12-24)20(25)26)16-7-8-19(18(22)13-16)28-17-5-3-2-4-6-17/h2-8,13-15H,9-12H2,1H3,(H,23,27)(H,25,26). The van der Waals surface area contributed by atoms with E-state index < -0.39 is 23.7 Å². The van der Waals surface area contributed by atoms with Gasteiger partial charge in [0.15, 0.2) is 11.6 Å². The van der Waals surface area contributed by atoms with Crippen LogP contribution in [0.4, 0.5) is 9.18 Å². The highest BCUT2D eigenvalue weighted by Crippen LogP contribution is 2.27. The number of carbonyl (C=O) groups excluding carboxylic acids is 1. The number of carbonyl (C=O) groups is 2. The number of piperidine rings is 1. The molecule has 1 unspecified atom stereocenters. The molecule has 0 saturated carbocycles. The normalized spacial score (nSPS) is 15.7. The second-order valence-corrected chi connectivity index (χ2v) is 6.88. The molecular formula is C21H23FN2O4. The number of benzene rings is 2. The second kappa shape index (κ2) is 8.73. The number of nitrogens with one attached hydrogen (secondary N) is 1. The van der Waals surface area contributed by atoms with Crippen molar-refractivity contribution in [3.8, 4) is 11.5 Å². The summed E-state index contributed by atoms with van der Waals surface area (Å²) >= 11 is 0. The highest BCUT2D eigenvalue weighted by Gasteiger charge is 2.27. The van der Waals surface area contributed by atoms with Gasteiger partial charge in [0.1, 0.15) is 5.75 Å². The van der Waals surface area contributed by atoms with E-state index in [0.29, 0.717) is 37.2 Å². The van der Waals surface area contributed by atoms with E-state index in [4.69, 9.17) is 9.84 Å². The third kappa shape index (κ3) is 4.79. The van der Waals surface area contributed by atoms with Crippen LogP contribution in [0.1, 0.15) is 31.4 Å². The molecule has 0 spiro atoms. The summed E-state index contributed by atoms with van der Waals surface area (Å²) in [5.41, 5.74) is 0.617. The molecule has 0 aliphatic carbocycles. The lowest BCUT2D eigenvalue weighted by molar-refractivity contribution is -0.143. The summed E-state index contributed by atoms with van der Waals surface area (Å²) < 4.78 is 19.9. The highest BCUT2D eigenvalue weighted by molar-refractivity contribution is 5.75. The molecule has 1 heterocycles. The van der Waals surface area contributed by atoms with Crippen LogP contribution in [-0.2, 0) is 4.79 Å². The monoisotopic (exact) mass is 386 g/mol. The molecule has 7 heteroatoms. The van der Waals surface area contributed by atoms with Gasteiger partial charge in [-0.2, -0.15) is 0 Å². The fourth-order valence-corrected chi connectivity index (χ4v) is 3.17. The van der Waals surface area contributed by atoms with Crippen LogP contribution in [-0.4, -0.2) is 35.1 Å². The minimum atomic E-state index is -0.818. The Hall–Kier alpha value is -3.09. The van der Waals surface area contributed by atoms with Gasteiger partial charge < -0.3 is 20.1 Å². The van der Waals surface area contributed by atoms with Crippen LogP contribution in [0.5, 0.6) is 11.5 Å². The Kier molecular flexibility index (Phi) is 6.13. The van der Waals surface area contributed by atoms with Gasteiger partial charge in [0, 0.05) is 13.1 Å². The molecule has 0 bridgehead atoms. The van der Waals surface area contributed by atoms with Crippen molar-refractivity contribution >= 4 is 12.0 Å². The predicted octanol–water partition coefficient (Wildman–Crippen LogP) is 4.19. The number of ether oxygens (including phenoxy) is 1. The zero-order valence-corrected chi connectivity index (χ0v) is 15.6. The molecule has 1 aliphatic rings. The first-order valence-corrected chi connectivity index (χ1v) is 9.24. The van der Waals surface area contributed by atoms with Gasteiger partial charge in [-0.1, -0.05) is 24.3 Å². The van der Waals surface area contributed by atoms with Crippen molar-refractivity contribution in [2.75, 3.05) is 13.1 Å². The summed E-state index contributed by atoms with van der Waals surface area (Å²) in [6, 6.07) is 12.9. The van der Waals surface area contributed by atoms with E-state index in [0.717, 1.165) is 0 Å². The number of para-hydroxylation sites is 1.